The number of rotatable bonds is 26. The average Bonchev–Trinajstić information content (AvgIpc) is 2.96. The van der Waals surface area contributed by atoms with Gasteiger partial charge in [-0.25, -0.2) is 0 Å². The Morgan fingerprint density at radius 3 is 1.90 bits per heavy atom. The second kappa shape index (κ2) is 25.1. The summed E-state index contributed by atoms with van der Waals surface area (Å²) in [6, 6.07) is -0.828. The number of ether oxygens (including phenoxy) is 3. The van der Waals surface area contributed by atoms with Crippen LogP contribution in [0.2, 0.25) is 0 Å². The Morgan fingerprint density at radius 1 is 0.829 bits per heavy atom. The Labute approximate surface area is 250 Å². The first-order valence-electron chi connectivity index (χ1n) is 16.6. The molecule has 0 saturated carbocycles. The molecule has 0 bridgehead atoms. The van der Waals surface area contributed by atoms with Crippen molar-refractivity contribution in [3.8, 4) is 0 Å². The Kier molecular flexibility index (Phi) is 22.9. The summed E-state index contributed by atoms with van der Waals surface area (Å²) in [5.41, 5.74) is 0. The van der Waals surface area contributed by atoms with Crippen molar-refractivity contribution in [1.82, 2.24) is 5.32 Å². The maximum atomic E-state index is 12.9. The van der Waals surface area contributed by atoms with Crippen LogP contribution in [0.15, 0.2) is 12.3 Å². The molecule has 0 aromatic heterocycles. The summed E-state index contributed by atoms with van der Waals surface area (Å²) in [4.78, 5) is 25.4. The maximum Gasteiger partial charge on any atom is 0.227 e. The highest BCUT2D eigenvalue weighted by atomic mass is 16.7. The number of hydrogen-bond acceptors (Lipinski definition) is 7. The molecule has 0 unspecified atom stereocenters. The number of carbonyl (C=O) groups is 2. The molecule has 3 N–H and O–H groups in total. The number of aliphatic hydroxyl groups excluding tert-OH is 2. The van der Waals surface area contributed by atoms with Crippen molar-refractivity contribution >= 4 is 11.7 Å². The SMILES string of the molecule is C/C=C/O[C@H]1O[C@H](CO)[C@@H](O)[C@H](OCCCCCCCCCC)[C@H]1NC(=O)CC(=O)CCCCCCCCCCC. The number of Topliss-reactive ketones (excluding diaryl/α,β-unsaturated/α-hetero) is 1. The molecule has 41 heavy (non-hydrogen) atoms. The van der Waals surface area contributed by atoms with Crippen LogP contribution in [0.25, 0.3) is 0 Å². The van der Waals surface area contributed by atoms with Crippen LogP contribution in [0.3, 0.4) is 0 Å². The van der Waals surface area contributed by atoms with Crippen molar-refractivity contribution in [1.29, 1.82) is 0 Å². The lowest BCUT2D eigenvalue weighted by atomic mass is 9.96. The number of nitrogens with one attached hydrogen (secondary N) is 1. The third-order valence-electron chi connectivity index (χ3n) is 7.76. The molecule has 0 spiro atoms. The molecule has 1 fully saturated rings. The van der Waals surface area contributed by atoms with Crippen molar-refractivity contribution in [3.05, 3.63) is 12.3 Å². The molecule has 1 aliphatic rings. The number of amides is 1. The minimum atomic E-state index is -1.15. The van der Waals surface area contributed by atoms with E-state index in [1.54, 1.807) is 13.0 Å². The van der Waals surface area contributed by atoms with Crippen LogP contribution >= 0.6 is 0 Å². The van der Waals surface area contributed by atoms with Crippen LogP contribution in [0.5, 0.6) is 0 Å². The highest BCUT2D eigenvalue weighted by Crippen LogP contribution is 2.25. The van der Waals surface area contributed by atoms with E-state index in [0.717, 1.165) is 38.5 Å². The molecule has 5 atom stereocenters. The first-order valence-corrected chi connectivity index (χ1v) is 16.6. The van der Waals surface area contributed by atoms with Gasteiger partial charge in [0.15, 0.2) is 0 Å². The van der Waals surface area contributed by atoms with Gasteiger partial charge >= 0.3 is 0 Å². The maximum absolute atomic E-state index is 12.9. The van der Waals surface area contributed by atoms with Crippen LogP contribution in [-0.4, -0.2) is 65.8 Å². The van der Waals surface area contributed by atoms with Gasteiger partial charge in [0.25, 0.3) is 0 Å². The van der Waals surface area contributed by atoms with E-state index in [1.807, 2.05) is 0 Å². The third kappa shape index (κ3) is 17.3. The number of hydrogen-bond donors (Lipinski definition) is 3. The minimum absolute atomic E-state index is 0.0988. The molecule has 0 aromatic rings. The Bertz CT molecular complexity index is 686. The van der Waals surface area contributed by atoms with Crippen LogP contribution in [-0.2, 0) is 23.8 Å². The lowest BCUT2D eigenvalue weighted by molar-refractivity contribution is -0.263. The molecule has 240 valence electrons. The van der Waals surface area contributed by atoms with Crippen LogP contribution in [0.4, 0.5) is 0 Å². The van der Waals surface area contributed by atoms with Gasteiger partial charge in [-0.2, -0.15) is 0 Å². The predicted octanol–water partition coefficient (Wildman–Crippen LogP) is 6.51. The van der Waals surface area contributed by atoms with E-state index in [2.05, 4.69) is 19.2 Å². The highest BCUT2D eigenvalue weighted by Gasteiger charge is 2.47. The molecule has 8 nitrogen and oxygen atoms in total. The Hall–Kier alpha value is -1.48. The van der Waals surface area contributed by atoms with Crippen LogP contribution in [0, 0.1) is 0 Å². The first kappa shape index (κ1) is 37.5. The summed E-state index contributed by atoms with van der Waals surface area (Å²) in [5.74, 6) is -0.540. The summed E-state index contributed by atoms with van der Waals surface area (Å²) < 4.78 is 17.5. The van der Waals surface area contributed by atoms with E-state index in [0.29, 0.717) is 13.0 Å². The van der Waals surface area contributed by atoms with Crippen molar-refractivity contribution in [2.24, 2.45) is 0 Å². The van der Waals surface area contributed by atoms with E-state index in [1.165, 1.54) is 76.9 Å². The molecule has 1 heterocycles. The van der Waals surface area contributed by atoms with Crippen molar-refractivity contribution in [2.75, 3.05) is 13.2 Å². The molecule has 0 radical (unpaired) electrons. The number of carbonyl (C=O) groups excluding carboxylic acids is 2. The summed E-state index contributed by atoms with van der Waals surface area (Å²) in [6.07, 6.45) is 19.2. The highest BCUT2D eigenvalue weighted by molar-refractivity contribution is 5.98. The quantitative estimate of drug-likeness (QED) is 0.0604. The summed E-state index contributed by atoms with van der Waals surface area (Å²) >= 11 is 0. The Morgan fingerprint density at radius 2 is 1.37 bits per heavy atom. The van der Waals surface area contributed by atoms with Gasteiger partial charge < -0.3 is 29.7 Å². The summed E-state index contributed by atoms with van der Waals surface area (Å²) in [7, 11) is 0. The van der Waals surface area contributed by atoms with Crippen molar-refractivity contribution in [2.45, 2.75) is 173 Å². The fraction of sp³-hybridized carbons (Fsp3) is 0.879. The first-order chi connectivity index (χ1) is 20.0. The van der Waals surface area contributed by atoms with Gasteiger partial charge in [0.05, 0.1) is 19.3 Å². The second-order valence-corrected chi connectivity index (χ2v) is 11.5. The van der Waals surface area contributed by atoms with E-state index < -0.39 is 43.2 Å². The van der Waals surface area contributed by atoms with E-state index >= 15 is 0 Å². The van der Waals surface area contributed by atoms with Crippen molar-refractivity contribution < 1.29 is 34.0 Å². The predicted molar refractivity (Wildman–Crippen MR) is 163 cm³/mol. The van der Waals surface area contributed by atoms with Gasteiger partial charge in [-0.05, 0) is 19.8 Å². The second-order valence-electron chi connectivity index (χ2n) is 11.5. The standard InChI is InChI=1S/C33H61NO7/c1-4-7-9-11-13-15-16-18-20-22-27(36)25-29(37)34-30-32(39-24-21-19-17-14-12-10-8-5-2)31(38)28(26-35)41-33(30)40-23-6-3/h6,23,28,30-33,35,38H,4-5,7-22,24-26H2,1-3H3,(H,34,37)/b23-6+/t28-,30-,31-,32-,33+/m1/s1. The van der Waals surface area contributed by atoms with Crippen LogP contribution < -0.4 is 5.32 Å². The van der Waals surface area contributed by atoms with E-state index in [4.69, 9.17) is 14.2 Å². The zero-order chi connectivity index (χ0) is 30.1. The average molecular weight is 584 g/mol. The number of aliphatic hydroxyl groups is 2. The zero-order valence-corrected chi connectivity index (χ0v) is 26.3. The van der Waals surface area contributed by atoms with E-state index in [9.17, 15) is 19.8 Å². The van der Waals surface area contributed by atoms with Gasteiger partial charge in [-0.3, -0.25) is 9.59 Å². The fourth-order valence-corrected chi connectivity index (χ4v) is 5.29. The molecular formula is C33H61NO7. The van der Waals surface area contributed by atoms with Gasteiger partial charge in [-0.1, -0.05) is 116 Å². The van der Waals surface area contributed by atoms with Gasteiger partial charge in [0, 0.05) is 13.0 Å². The summed E-state index contributed by atoms with van der Waals surface area (Å²) in [6.45, 7) is 6.22. The molecule has 8 heteroatoms. The number of unbranched alkanes of at least 4 members (excludes halogenated alkanes) is 15. The molecule has 0 aliphatic carbocycles. The molecule has 1 rings (SSSR count). The van der Waals surface area contributed by atoms with Gasteiger partial charge in [0.2, 0.25) is 12.2 Å². The normalized spacial score (nSPS) is 22.7. The summed E-state index contributed by atoms with van der Waals surface area (Å²) in [5, 5.41) is 23.5. The molecule has 1 amide bonds. The van der Waals surface area contributed by atoms with Crippen molar-refractivity contribution in [3.63, 3.8) is 0 Å². The molecular weight excluding hydrogens is 522 g/mol. The zero-order valence-electron chi connectivity index (χ0n) is 26.3. The van der Waals surface area contributed by atoms with Gasteiger partial charge in [0.1, 0.15) is 30.1 Å². The number of allylic oxidation sites excluding steroid dienone is 1. The fourth-order valence-electron chi connectivity index (χ4n) is 5.29. The lowest BCUT2D eigenvalue weighted by Gasteiger charge is -2.43. The molecule has 0 aromatic carbocycles. The topological polar surface area (TPSA) is 114 Å². The Balaban J connectivity index is 2.56. The van der Waals surface area contributed by atoms with Gasteiger partial charge in [-0.15, -0.1) is 0 Å². The lowest BCUT2D eigenvalue weighted by Crippen LogP contribution is -2.65. The number of ketones is 1. The monoisotopic (exact) mass is 583 g/mol. The largest absolute Gasteiger partial charge is 0.471 e. The third-order valence-corrected chi connectivity index (χ3v) is 7.76. The molecule has 1 aliphatic heterocycles. The van der Waals surface area contributed by atoms with Crippen LogP contribution in [0.1, 0.15) is 143 Å². The minimum Gasteiger partial charge on any atom is -0.471 e. The smallest absolute Gasteiger partial charge is 0.227 e. The van der Waals surface area contributed by atoms with E-state index in [-0.39, 0.29) is 12.2 Å². The molecule has 1 saturated heterocycles.